The molecule has 0 amide bonds. The zero-order chi connectivity index (χ0) is 27.8. The maximum absolute atomic E-state index is 13.3. The van der Waals surface area contributed by atoms with E-state index in [4.69, 9.17) is 4.42 Å². The number of furan rings is 1. The first-order valence-corrected chi connectivity index (χ1v) is 11.2. The van der Waals surface area contributed by atoms with E-state index in [0.717, 1.165) is 28.9 Å². The third kappa shape index (κ3) is 5.69. The molecule has 2 heterocycles. The van der Waals surface area contributed by atoms with Gasteiger partial charge >= 0.3 is 12.5 Å². The molecule has 198 valence electrons. The van der Waals surface area contributed by atoms with Crippen molar-refractivity contribution in [2.45, 2.75) is 12.5 Å². The summed E-state index contributed by atoms with van der Waals surface area (Å²) < 4.78 is 87.6. The fourth-order valence-electron chi connectivity index (χ4n) is 3.77. The molecule has 0 bridgehead atoms. The average Bonchev–Trinajstić information content (AvgIpc) is 3.36. The van der Waals surface area contributed by atoms with Crippen LogP contribution in [0.3, 0.4) is 0 Å². The van der Waals surface area contributed by atoms with Crippen LogP contribution in [-0.2, 0) is 6.18 Å². The van der Waals surface area contributed by atoms with E-state index in [0.29, 0.717) is 5.56 Å². The average molecular weight is 543 g/mol. The summed E-state index contributed by atoms with van der Waals surface area (Å²) in [4.78, 5) is 17.6. The van der Waals surface area contributed by atoms with Crippen LogP contribution in [0.15, 0.2) is 99.2 Å². The second-order valence-electron chi connectivity index (χ2n) is 8.17. The highest BCUT2D eigenvalue weighted by Crippen LogP contribution is 2.32. The molecule has 12 heteroatoms. The number of rotatable bonds is 5. The minimum absolute atomic E-state index is 0.0196. The number of halogens is 6. The Hall–Kier alpha value is -4.87. The lowest BCUT2D eigenvalue weighted by Gasteiger charge is -2.11. The molecule has 0 unspecified atom stereocenters. The number of hydrogen-bond acceptors (Lipinski definition) is 5. The van der Waals surface area contributed by atoms with Crippen LogP contribution >= 0.6 is 0 Å². The van der Waals surface area contributed by atoms with E-state index in [-0.39, 0.29) is 33.8 Å². The topological polar surface area (TPSA) is 69.6 Å². The van der Waals surface area contributed by atoms with Gasteiger partial charge in [0.1, 0.15) is 17.3 Å². The predicted molar refractivity (Wildman–Crippen MR) is 130 cm³/mol. The highest BCUT2D eigenvalue weighted by atomic mass is 19.4. The third-order valence-corrected chi connectivity index (χ3v) is 5.50. The third-order valence-electron chi connectivity index (χ3n) is 5.50. The first kappa shape index (κ1) is 25.8. The monoisotopic (exact) mass is 543 g/mol. The number of nitrogens with zero attached hydrogens (tertiary/aromatic N) is 3. The number of alkyl halides is 6. The predicted octanol–water partition coefficient (Wildman–Crippen LogP) is 7.12. The van der Waals surface area contributed by atoms with Gasteiger partial charge in [-0.1, -0.05) is 24.3 Å². The molecule has 0 aliphatic rings. The second-order valence-corrected chi connectivity index (χ2v) is 8.17. The van der Waals surface area contributed by atoms with Crippen molar-refractivity contribution < 1.29 is 35.5 Å². The fraction of sp³-hybridized carbons (Fsp3) is 0.0741. The summed E-state index contributed by atoms with van der Waals surface area (Å²) in [6.07, 6.45) is -8.25. The van der Waals surface area contributed by atoms with Crippen molar-refractivity contribution in [2.75, 3.05) is 0 Å². The Morgan fingerprint density at radius 3 is 2.31 bits per heavy atom. The molecule has 6 nitrogen and oxygen atoms in total. The van der Waals surface area contributed by atoms with Gasteiger partial charge in [-0.05, 0) is 60.7 Å². The number of para-hydroxylation sites is 1. The molecule has 5 rings (SSSR count). The van der Waals surface area contributed by atoms with Crippen molar-refractivity contribution in [1.82, 2.24) is 9.66 Å². The largest absolute Gasteiger partial charge is 0.573 e. The van der Waals surface area contributed by atoms with Crippen LogP contribution in [0.1, 0.15) is 11.3 Å². The van der Waals surface area contributed by atoms with Crippen LogP contribution < -0.4 is 10.3 Å². The van der Waals surface area contributed by atoms with Crippen molar-refractivity contribution in [3.8, 4) is 28.5 Å². The molecule has 39 heavy (non-hydrogen) atoms. The van der Waals surface area contributed by atoms with Crippen LogP contribution in [0.5, 0.6) is 5.75 Å². The van der Waals surface area contributed by atoms with Crippen molar-refractivity contribution in [2.24, 2.45) is 5.10 Å². The normalized spacial score (nSPS) is 12.4. The van der Waals surface area contributed by atoms with Gasteiger partial charge in [0.25, 0.3) is 5.56 Å². The number of ether oxygens (including phenoxy) is 1. The highest BCUT2D eigenvalue weighted by molar-refractivity contribution is 5.81. The van der Waals surface area contributed by atoms with Gasteiger partial charge in [-0.2, -0.15) is 22.9 Å². The fourth-order valence-corrected chi connectivity index (χ4v) is 3.77. The summed E-state index contributed by atoms with van der Waals surface area (Å²) in [5.74, 6) is -0.0641. The van der Waals surface area contributed by atoms with Gasteiger partial charge in [-0.25, -0.2) is 4.98 Å². The molecule has 0 radical (unpaired) electrons. The van der Waals surface area contributed by atoms with Gasteiger partial charge in [0, 0.05) is 11.1 Å². The van der Waals surface area contributed by atoms with E-state index < -0.39 is 29.4 Å². The van der Waals surface area contributed by atoms with E-state index in [9.17, 15) is 31.1 Å². The van der Waals surface area contributed by atoms with Crippen molar-refractivity contribution >= 4 is 17.1 Å². The van der Waals surface area contributed by atoms with Crippen molar-refractivity contribution in [3.63, 3.8) is 0 Å². The highest BCUT2D eigenvalue weighted by Gasteiger charge is 2.31. The molecule has 0 N–H and O–H groups in total. The molecule has 0 aliphatic carbocycles. The summed E-state index contributed by atoms with van der Waals surface area (Å²) in [7, 11) is 0. The van der Waals surface area contributed by atoms with Crippen LogP contribution in [0, 0.1) is 0 Å². The van der Waals surface area contributed by atoms with Gasteiger partial charge in [0.05, 0.1) is 22.7 Å². The molecule has 3 aromatic carbocycles. The van der Waals surface area contributed by atoms with Gasteiger partial charge in [0.15, 0.2) is 5.82 Å². The summed E-state index contributed by atoms with van der Waals surface area (Å²) in [6, 6.07) is 18.7. The molecule has 0 spiro atoms. The summed E-state index contributed by atoms with van der Waals surface area (Å²) in [6.45, 7) is 0. The smallest absolute Gasteiger partial charge is 0.455 e. The zero-order valence-electron chi connectivity index (χ0n) is 19.5. The molecule has 0 fully saturated rings. The summed E-state index contributed by atoms with van der Waals surface area (Å²) in [5, 5.41) is 4.35. The van der Waals surface area contributed by atoms with Gasteiger partial charge in [-0.3, -0.25) is 4.79 Å². The maximum Gasteiger partial charge on any atom is 0.573 e. The summed E-state index contributed by atoms with van der Waals surface area (Å²) in [5.41, 5.74) is -0.791. The number of aromatic nitrogens is 2. The van der Waals surface area contributed by atoms with Crippen LogP contribution in [-0.4, -0.2) is 22.2 Å². The van der Waals surface area contributed by atoms with E-state index in [1.165, 1.54) is 48.7 Å². The SMILES string of the molecule is O=c1c2ccccc2nc(-c2cccc(C(F)(F)F)c2)n1N=Cc1ccc(-c2ccc(OC(F)(F)F)cc2)o1. The number of benzene rings is 3. The molecular formula is C27H15F6N3O3. The van der Waals surface area contributed by atoms with Crippen LogP contribution in [0.4, 0.5) is 26.3 Å². The Morgan fingerprint density at radius 2 is 1.59 bits per heavy atom. The summed E-state index contributed by atoms with van der Waals surface area (Å²) >= 11 is 0. The lowest BCUT2D eigenvalue weighted by Crippen LogP contribution is -2.20. The quantitative estimate of drug-likeness (QED) is 0.175. The molecule has 5 aromatic rings. The van der Waals surface area contributed by atoms with Gasteiger partial charge < -0.3 is 9.15 Å². The van der Waals surface area contributed by atoms with Gasteiger partial charge in [0.2, 0.25) is 0 Å². The minimum atomic E-state index is -4.82. The van der Waals surface area contributed by atoms with E-state index in [1.807, 2.05) is 0 Å². The van der Waals surface area contributed by atoms with E-state index in [2.05, 4.69) is 14.8 Å². The molecule has 2 aromatic heterocycles. The van der Waals surface area contributed by atoms with Crippen LogP contribution in [0.2, 0.25) is 0 Å². The van der Waals surface area contributed by atoms with E-state index in [1.54, 1.807) is 18.2 Å². The van der Waals surface area contributed by atoms with Crippen molar-refractivity contribution in [1.29, 1.82) is 0 Å². The van der Waals surface area contributed by atoms with Gasteiger partial charge in [-0.15, -0.1) is 13.2 Å². The molecule has 0 saturated carbocycles. The molecular weight excluding hydrogens is 528 g/mol. The Morgan fingerprint density at radius 1 is 0.846 bits per heavy atom. The van der Waals surface area contributed by atoms with E-state index >= 15 is 0 Å². The first-order chi connectivity index (χ1) is 18.5. The standard InChI is InChI=1S/C27H15F6N3O3/c28-26(29,30)18-5-3-4-17(14-18)24-35-22-7-2-1-6-21(22)25(37)36(24)34-15-20-12-13-23(38-20)16-8-10-19(11-9-16)39-27(31,32)33/h1-15H. The molecule has 0 saturated heterocycles. The zero-order valence-corrected chi connectivity index (χ0v) is 19.5. The van der Waals surface area contributed by atoms with Crippen LogP contribution in [0.25, 0.3) is 33.6 Å². The first-order valence-electron chi connectivity index (χ1n) is 11.2. The van der Waals surface area contributed by atoms with Crippen molar-refractivity contribution in [3.05, 3.63) is 107 Å². The molecule has 0 aliphatic heterocycles. The Balaban J connectivity index is 1.52. The molecule has 0 atom stereocenters. The number of fused-ring (bicyclic) bond motifs is 1. The lowest BCUT2D eigenvalue weighted by atomic mass is 10.1. The Kier molecular flexibility index (Phi) is 6.46. The Labute approximate surface area is 215 Å². The Bertz CT molecular complexity index is 1740. The second kappa shape index (κ2) is 9.78. The minimum Gasteiger partial charge on any atom is -0.455 e. The lowest BCUT2D eigenvalue weighted by molar-refractivity contribution is -0.274. The maximum atomic E-state index is 13.3. The number of hydrogen-bond donors (Lipinski definition) is 0.